The van der Waals surface area contributed by atoms with Crippen molar-refractivity contribution in [2.75, 3.05) is 7.11 Å². The van der Waals surface area contributed by atoms with E-state index in [0.717, 1.165) is 21.5 Å². The van der Waals surface area contributed by atoms with Gasteiger partial charge in [0.1, 0.15) is 5.75 Å². The number of rotatable bonds is 5. The molecule has 0 aliphatic rings. The van der Waals surface area contributed by atoms with E-state index in [1.807, 2.05) is 18.2 Å². The lowest BCUT2D eigenvalue weighted by Crippen LogP contribution is -2.29. The molecule has 1 aromatic heterocycles. The van der Waals surface area contributed by atoms with Gasteiger partial charge in [-0.15, -0.1) is 0 Å². The first-order valence-electron chi connectivity index (χ1n) is 5.30. The van der Waals surface area contributed by atoms with Crippen LogP contribution in [-0.2, 0) is 6.42 Å². The summed E-state index contributed by atoms with van der Waals surface area (Å²) >= 11 is 4.70. The number of nitrogens with zero attached hydrogens (tertiary/aromatic N) is 2. The monoisotopic (exact) mass is 328 g/mol. The molecule has 0 spiro atoms. The highest BCUT2D eigenvalue weighted by atomic mass is 79.9. The molecule has 18 heavy (non-hydrogen) atoms. The maximum atomic E-state index is 5.57. The normalized spacial score (nSPS) is 12.4. The van der Waals surface area contributed by atoms with Gasteiger partial charge in [-0.25, -0.2) is 0 Å². The number of benzene rings is 1. The highest BCUT2D eigenvalue weighted by molar-refractivity contribution is 9.10. The molecule has 1 aromatic carbocycles. The second-order valence-electron chi connectivity index (χ2n) is 3.71. The maximum absolute atomic E-state index is 5.57. The van der Waals surface area contributed by atoms with Crippen LogP contribution in [0, 0.1) is 0 Å². The number of aromatic nitrogens is 2. The third-order valence-corrected chi connectivity index (χ3v) is 3.88. The molecule has 2 aromatic rings. The van der Waals surface area contributed by atoms with E-state index in [1.54, 1.807) is 13.3 Å². The predicted molar refractivity (Wildman–Crippen MR) is 74.4 cm³/mol. The molecule has 0 bridgehead atoms. The predicted octanol–water partition coefficient (Wildman–Crippen LogP) is 2.06. The van der Waals surface area contributed by atoms with Gasteiger partial charge in [0.2, 0.25) is 0 Å². The van der Waals surface area contributed by atoms with E-state index in [4.69, 9.17) is 10.6 Å². The van der Waals surface area contributed by atoms with E-state index in [0.29, 0.717) is 6.42 Å². The lowest BCUT2D eigenvalue weighted by Gasteiger charge is -2.14. The van der Waals surface area contributed by atoms with Gasteiger partial charge in [-0.05, 0) is 30.2 Å². The summed E-state index contributed by atoms with van der Waals surface area (Å²) < 4.78 is 14.4. The van der Waals surface area contributed by atoms with Crippen molar-refractivity contribution in [3.8, 4) is 5.75 Å². The first kappa shape index (κ1) is 13.4. The van der Waals surface area contributed by atoms with Gasteiger partial charge in [-0.2, -0.15) is 8.75 Å². The second-order valence-corrected chi connectivity index (χ2v) is 5.12. The van der Waals surface area contributed by atoms with Gasteiger partial charge >= 0.3 is 0 Å². The number of nitrogens with two attached hydrogens (primary N) is 1. The Labute approximate surface area is 118 Å². The molecule has 96 valence electrons. The van der Waals surface area contributed by atoms with Crippen LogP contribution >= 0.6 is 27.7 Å². The zero-order valence-electron chi connectivity index (χ0n) is 9.76. The number of methoxy groups -OCH3 is 1. The zero-order valence-corrected chi connectivity index (χ0v) is 12.2. The highest BCUT2D eigenvalue weighted by Gasteiger charge is 2.15. The molecule has 1 atom stereocenters. The largest absolute Gasteiger partial charge is 0.497 e. The molecule has 0 saturated heterocycles. The van der Waals surface area contributed by atoms with Crippen molar-refractivity contribution in [3.63, 3.8) is 0 Å². The van der Waals surface area contributed by atoms with Crippen molar-refractivity contribution in [2.45, 2.75) is 12.5 Å². The standard InChI is InChI=1S/C11H13BrN4OS/c1-17-8-2-3-9(12)7(4-8)5-10(15-13)11-6-14-18-16-11/h2-4,6,10,15H,5,13H2,1H3. The van der Waals surface area contributed by atoms with Crippen LogP contribution < -0.4 is 16.0 Å². The van der Waals surface area contributed by atoms with E-state index in [1.165, 1.54) is 11.7 Å². The van der Waals surface area contributed by atoms with Gasteiger partial charge in [0.15, 0.2) is 0 Å². The number of ether oxygens (including phenoxy) is 1. The number of halogens is 1. The molecule has 3 N–H and O–H groups in total. The Kier molecular flexibility index (Phi) is 4.65. The second kappa shape index (κ2) is 6.24. The Hall–Kier alpha value is -1.02. The van der Waals surface area contributed by atoms with Crippen molar-refractivity contribution >= 4 is 27.7 Å². The molecular formula is C11H13BrN4OS. The van der Waals surface area contributed by atoms with Gasteiger partial charge in [0.05, 0.1) is 36.8 Å². The lowest BCUT2D eigenvalue weighted by atomic mass is 10.0. The van der Waals surface area contributed by atoms with Gasteiger partial charge in [0.25, 0.3) is 0 Å². The van der Waals surface area contributed by atoms with Gasteiger partial charge < -0.3 is 4.74 Å². The molecule has 0 aliphatic heterocycles. The highest BCUT2D eigenvalue weighted by Crippen LogP contribution is 2.26. The average Bonchev–Trinajstić information content (AvgIpc) is 2.91. The third-order valence-electron chi connectivity index (χ3n) is 2.61. The lowest BCUT2D eigenvalue weighted by molar-refractivity contribution is 0.413. The Morgan fingerprint density at radius 1 is 1.56 bits per heavy atom. The number of nitrogens with one attached hydrogen (secondary N) is 1. The van der Waals surface area contributed by atoms with Crippen LogP contribution in [-0.4, -0.2) is 15.9 Å². The van der Waals surface area contributed by atoms with Crippen molar-refractivity contribution < 1.29 is 4.74 Å². The van der Waals surface area contributed by atoms with E-state index in [2.05, 4.69) is 30.1 Å². The molecule has 0 fully saturated rings. The Balaban J connectivity index is 2.21. The Morgan fingerprint density at radius 2 is 2.39 bits per heavy atom. The fourth-order valence-electron chi connectivity index (χ4n) is 1.63. The molecule has 5 nitrogen and oxygen atoms in total. The molecule has 0 aliphatic carbocycles. The summed E-state index contributed by atoms with van der Waals surface area (Å²) in [5.41, 5.74) is 4.71. The molecule has 0 radical (unpaired) electrons. The number of hydrogen-bond acceptors (Lipinski definition) is 6. The smallest absolute Gasteiger partial charge is 0.119 e. The minimum Gasteiger partial charge on any atom is -0.497 e. The quantitative estimate of drug-likeness (QED) is 0.649. The molecule has 0 amide bonds. The van der Waals surface area contributed by atoms with Crippen molar-refractivity contribution in [1.82, 2.24) is 14.2 Å². The zero-order chi connectivity index (χ0) is 13.0. The summed E-state index contributed by atoms with van der Waals surface area (Å²) in [5, 5.41) is 0. The summed E-state index contributed by atoms with van der Waals surface area (Å²) in [6, 6.07) is 5.78. The topological polar surface area (TPSA) is 73.1 Å². The molecule has 2 rings (SSSR count). The van der Waals surface area contributed by atoms with Crippen LogP contribution in [0.2, 0.25) is 0 Å². The van der Waals surface area contributed by atoms with Crippen molar-refractivity contribution in [3.05, 3.63) is 40.1 Å². The van der Waals surface area contributed by atoms with Gasteiger partial charge in [0, 0.05) is 4.47 Å². The number of hydrazine groups is 1. The van der Waals surface area contributed by atoms with Crippen LogP contribution in [0.1, 0.15) is 17.3 Å². The van der Waals surface area contributed by atoms with Crippen LogP contribution in [0.3, 0.4) is 0 Å². The summed E-state index contributed by atoms with van der Waals surface area (Å²) in [6.45, 7) is 0. The van der Waals surface area contributed by atoms with E-state index in [-0.39, 0.29) is 6.04 Å². The first-order chi connectivity index (χ1) is 8.74. The third kappa shape index (κ3) is 3.05. The molecular weight excluding hydrogens is 316 g/mol. The van der Waals surface area contributed by atoms with Crippen LogP contribution in [0.15, 0.2) is 28.9 Å². The minimum absolute atomic E-state index is 0.0628. The Bertz CT molecular complexity index is 506. The minimum atomic E-state index is -0.0628. The number of hydrogen-bond donors (Lipinski definition) is 2. The molecule has 7 heteroatoms. The summed E-state index contributed by atoms with van der Waals surface area (Å²) in [5.74, 6) is 6.39. The average molecular weight is 329 g/mol. The first-order valence-corrected chi connectivity index (χ1v) is 6.83. The summed E-state index contributed by atoms with van der Waals surface area (Å²) in [4.78, 5) is 0. The van der Waals surface area contributed by atoms with Gasteiger partial charge in [-0.3, -0.25) is 11.3 Å². The summed E-state index contributed by atoms with van der Waals surface area (Å²) in [7, 11) is 1.65. The van der Waals surface area contributed by atoms with E-state index in [9.17, 15) is 0 Å². The van der Waals surface area contributed by atoms with Crippen LogP contribution in [0.5, 0.6) is 5.75 Å². The maximum Gasteiger partial charge on any atom is 0.119 e. The van der Waals surface area contributed by atoms with Crippen molar-refractivity contribution in [2.24, 2.45) is 5.84 Å². The van der Waals surface area contributed by atoms with E-state index < -0.39 is 0 Å². The SMILES string of the molecule is COc1ccc(Br)c(CC(NN)c2cnsn2)c1. The molecule has 1 heterocycles. The van der Waals surface area contributed by atoms with Crippen LogP contribution in [0.25, 0.3) is 0 Å². The van der Waals surface area contributed by atoms with Crippen LogP contribution in [0.4, 0.5) is 0 Å². The molecule has 0 saturated carbocycles. The van der Waals surface area contributed by atoms with E-state index >= 15 is 0 Å². The fraction of sp³-hybridized carbons (Fsp3) is 0.273. The fourth-order valence-corrected chi connectivity index (χ4v) is 2.51. The summed E-state index contributed by atoms with van der Waals surface area (Å²) in [6.07, 6.45) is 2.43. The van der Waals surface area contributed by atoms with Gasteiger partial charge in [-0.1, -0.05) is 15.9 Å². The molecule has 1 unspecified atom stereocenters. The Morgan fingerprint density at radius 3 is 3.00 bits per heavy atom. The van der Waals surface area contributed by atoms with Crippen molar-refractivity contribution in [1.29, 1.82) is 0 Å².